The first kappa shape index (κ1) is 23.7. The SMILES string of the molecule is CCCCC[C@H](OCOC)[Sn]([CH2]CCC)([CH2]CCC)[CH2]CCC. The summed E-state index contributed by atoms with van der Waals surface area (Å²) >= 11 is -2.27. The van der Waals surface area contributed by atoms with E-state index in [9.17, 15) is 0 Å². The van der Waals surface area contributed by atoms with E-state index in [4.69, 9.17) is 9.47 Å². The number of hydrogen-bond donors (Lipinski definition) is 0. The Hall–Kier alpha value is 0.719. The van der Waals surface area contributed by atoms with Crippen LogP contribution in [0.15, 0.2) is 0 Å². The minimum atomic E-state index is -2.27. The molecule has 3 heteroatoms. The maximum absolute atomic E-state index is 6.37. The van der Waals surface area contributed by atoms with Crippen LogP contribution < -0.4 is 0 Å². The maximum atomic E-state index is 6.37. The van der Waals surface area contributed by atoms with Gasteiger partial charge < -0.3 is 0 Å². The van der Waals surface area contributed by atoms with Crippen LogP contribution >= 0.6 is 0 Å². The fourth-order valence-electron chi connectivity index (χ4n) is 3.74. The summed E-state index contributed by atoms with van der Waals surface area (Å²) in [5.74, 6) is 0. The Labute approximate surface area is 151 Å². The normalized spacial score (nSPS) is 13.4. The predicted octanol–water partition coefficient (Wildman–Crippen LogP) is 6.94. The zero-order valence-electron chi connectivity index (χ0n) is 16.8. The van der Waals surface area contributed by atoms with Crippen molar-refractivity contribution in [1.29, 1.82) is 0 Å². The van der Waals surface area contributed by atoms with Gasteiger partial charge in [-0.15, -0.1) is 0 Å². The summed E-state index contributed by atoms with van der Waals surface area (Å²) in [5, 5.41) is 0. The van der Waals surface area contributed by atoms with Gasteiger partial charge in [0.15, 0.2) is 0 Å². The Morgan fingerprint density at radius 2 is 1.17 bits per heavy atom. The molecular weight excluding hydrogens is 391 g/mol. The van der Waals surface area contributed by atoms with Crippen molar-refractivity contribution in [3.8, 4) is 0 Å². The van der Waals surface area contributed by atoms with E-state index in [2.05, 4.69) is 27.7 Å². The van der Waals surface area contributed by atoms with Crippen LogP contribution in [0.5, 0.6) is 0 Å². The average molecular weight is 435 g/mol. The second-order valence-corrected chi connectivity index (χ2v) is 21.1. The van der Waals surface area contributed by atoms with Gasteiger partial charge in [-0.05, 0) is 0 Å². The molecule has 0 aromatic carbocycles. The third kappa shape index (κ3) is 10.3. The molecule has 0 rings (SSSR count). The molecule has 0 N–H and O–H groups in total. The van der Waals surface area contributed by atoms with Gasteiger partial charge in [-0.1, -0.05) is 0 Å². The molecular formula is C20H44O2Sn. The minimum absolute atomic E-state index is 0.500. The van der Waals surface area contributed by atoms with E-state index in [-0.39, 0.29) is 0 Å². The van der Waals surface area contributed by atoms with Crippen LogP contribution in [0.2, 0.25) is 13.3 Å². The Kier molecular flexibility index (Phi) is 16.7. The first-order chi connectivity index (χ1) is 11.2. The summed E-state index contributed by atoms with van der Waals surface area (Å²) in [6.07, 6.45) is 13.6. The van der Waals surface area contributed by atoms with Crippen molar-refractivity contribution in [3.63, 3.8) is 0 Å². The molecule has 0 fully saturated rings. The van der Waals surface area contributed by atoms with Crippen LogP contribution in [0.3, 0.4) is 0 Å². The fourth-order valence-corrected chi connectivity index (χ4v) is 21.2. The Morgan fingerprint density at radius 1 is 0.696 bits per heavy atom. The Morgan fingerprint density at radius 3 is 1.57 bits per heavy atom. The van der Waals surface area contributed by atoms with Gasteiger partial charge in [0, 0.05) is 0 Å². The van der Waals surface area contributed by atoms with Crippen molar-refractivity contribution in [1.82, 2.24) is 0 Å². The van der Waals surface area contributed by atoms with Crippen LogP contribution in [0, 0.1) is 0 Å². The summed E-state index contributed by atoms with van der Waals surface area (Å²) in [7, 11) is 1.77. The molecule has 0 saturated carbocycles. The van der Waals surface area contributed by atoms with Crippen LogP contribution in [-0.2, 0) is 9.47 Å². The van der Waals surface area contributed by atoms with Crippen LogP contribution in [0.25, 0.3) is 0 Å². The van der Waals surface area contributed by atoms with E-state index in [1.54, 1.807) is 7.11 Å². The number of methoxy groups -OCH3 is 1. The topological polar surface area (TPSA) is 18.5 Å². The van der Waals surface area contributed by atoms with Crippen molar-refractivity contribution in [3.05, 3.63) is 0 Å². The molecule has 0 aromatic rings. The molecule has 0 amide bonds. The van der Waals surface area contributed by atoms with Gasteiger partial charge in [-0.25, -0.2) is 0 Å². The molecule has 0 spiro atoms. The van der Waals surface area contributed by atoms with Gasteiger partial charge in [-0.2, -0.15) is 0 Å². The number of unbranched alkanes of at least 4 members (excludes halogenated alkanes) is 5. The molecule has 0 aliphatic carbocycles. The molecule has 23 heavy (non-hydrogen) atoms. The van der Waals surface area contributed by atoms with Gasteiger partial charge in [0.2, 0.25) is 0 Å². The van der Waals surface area contributed by atoms with Gasteiger partial charge >= 0.3 is 151 Å². The molecule has 1 atom stereocenters. The summed E-state index contributed by atoms with van der Waals surface area (Å²) in [6, 6.07) is 0. The third-order valence-electron chi connectivity index (χ3n) is 5.22. The number of ether oxygens (including phenoxy) is 2. The molecule has 2 nitrogen and oxygen atoms in total. The van der Waals surface area contributed by atoms with Crippen molar-refractivity contribution < 1.29 is 9.47 Å². The van der Waals surface area contributed by atoms with Crippen LogP contribution in [-0.4, -0.2) is 36.4 Å². The zero-order chi connectivity index (χ0) is 17.4. The van der Waals surface area contributed by atoms with Crippen LogP contribution in [0.4, 0.5) is 0 Å². The van der Waals surface area contributed by atoms with Gasteiger partial charge in [0.05, 0.1) is 0 Å². The predicted molar refractivity (Wildman–Crippen MR) is 106 cm³/mol. The van der Waals surface area contributed by atoms with E-state index in [1.807, 2.05) is 0 Å². The van der Waals surface area contributed by atoms with E-state index in [0.29, 0.717) is 10.9 Å². The van der Waals surface area contributed by atoms with E-state index in [0.717, 1.165) is 0 Å². The van der Waals surface area contributed by atoms with Crippen molar-refractivity contribution >= 4 is 18.4 Å². The molecule has 0 bridgehead atoms. The number of hydrogen-bond acceptors (Lipinski definition) is 2. The summed E-state index contributed by atoms with van der Waals surface area (Å²) in [6.45, 7) is 9.84. The first-order valence-corrected chi connectivity index (χ1v) is 18.0. The van der Waals surface area contributed by atoms with E-state index in [1.165, 1.54) is 77.5 Å². The first-order valence-electron chi connectivity index (χ1n) is 10.3. The monoisotopic (exact) mass is 436 g/mol. The molecule has 0 aromatic heterocycles. The Balaban J connectivity index is 5.14. The quantitative estimate of drug-likeness (QED) is 0.140. The van der Waals surface area contributed by atoms with Crippen LogP contribution in [0.1, 0.15) is 91.9 Å². The zero-order valence-corrected chi connectivity index (χ0v) is 19.6. The standard InChI is InChI=1S/C8H17O2.3C4H9.Sn/c1-3-4-5-6-7-10-8-9-2;3*1-3-4-2;/h7H,3-6,8H2,1-2H3;3*1,3-4H2,2H3;. The second-order valence-electron chi connectivity index (χ2n) is 7.23. The molecule has 0 unspecified atom stereocenters. The van der Waals surface area contributed by atoms with E-state index < -0.39 is 18.4 Å². The van der Waals surface area contributed by atoms with Gasteiger partial charge in [0.1, 0.15) is 0 Å². The summed E-state index contributed by atoms with van der Waals surface area (Å²) < 4.78 is 16.8. The van der Waals surface area contributed by atoms with Crippen molar-refractivity contribution in [2.75, 3.05) is 13.9 Å². The third-order valence-corrected chi connectivity index (χ3v) is 22.0. The molecule has 0 aliphatic rings. The Bertz CT molecular complexity index is 224. The molecule has 140 valence electrons. The van der Waals surface area contributed by atoms with Gasteiger partial charge in [0.25, 0.3) is 0 Å². The van der Waals surface area contributed by atoms with Gasteiger partial charge in [-0.3, -0.25) is 0 Å². The second kappa shape index (κ2) is 16.2. The molecule has 0 saturated heterocycles. The summed E-state index contributed by atoms with van der Waals surface area (Å²) in [4.78, 5) is 0. The summed E-state index contributed by atoms with van der Waals surface area (Å²) in [5.41, 5.74) is 0. The molecule has 0 heterocycles. The van der Waals surface area contributed by atoms with E-state index >= 15 is 0 Å². The average Bonchev–Trinajstić information content (AvgIpc) is 2.58. The van der Waals surface area contributed by atoms with Crippen molar-refractivity contribution in [2.24, 2.45) is 0 Å². The van der Waals surface area contributed by atoms with Crippen molar-refractivity contribution in [2.45, 2.75) is 109 Å². The fraction of sp³-hybridized carbons (Fsp3) is 1.00. The molecule has 0 radical (unpaired) electrons. The number of rotatable bonds is 17. The molecule has 0 aliphatic heterocycles.